The molecule has 174 valence electrons. The van der Waals surface area contributed by atoms with E-state index in [2.05, 4.69) is 9.71 Å². The Bertz CT molecular complexity index is 1230. The third kappa shape index (κ3) is 6.54. The van der Waals surface area contributed by atoms with Crippen LogP contribution in [-0.2, 0) is 27.8 Å². The predicted octanol–water partition coefficient (Wildman–Crippen LogP) is 4.87. The SMILES string of the molecule is CS(=O)(=O)NC(=O)Cc1ccc(OCc2ccc3ccccc3n2)cc1C1CCCCCC1. The van der Waals surface area contributed by atoms with Gasteiger partial charge in [-0.2, -0.15) is 0 Å². The van der Waals surface area contributed by atoms with Crippen molar-refractivity contribution >= 4 is 26.8 Å². The van der Waals surface area contributed by atoms with Gasteiger partial charge in [-0.3, -0.25) is 9.52 Å². The highest BCUT2D eigenvalue weighted by Crippen LogP contribution is 2.35. The van der Waals surface area contributed by atoms with Crippen LogP contribution in [0.4, 0.5) is 0 Å². The van der Waals surface area contributed by atoms with E-state index in [1.54, 1.807) is 0 Å². The van der Waals surface area contributed by atoms with Gasteiger partial charge in [-0.1, -0.05) is 56.0 Å². The Kier molecular flexibility index (Phi) is 7.28. The highest BCUT2D eigenvalue weighted by Gasteiger charge is 2.20. The van der Waals surface area contributed by atoms with Crippen molar-refractivity contribution in [3.63, 3.8) is 0 Å². The molecule has 1 amide bonds. The lowest BCUT2D eigenvalue weighted by atomic mass is 9.87. The second-order valence-electron chi connectivity index (χ2n) is 8.81. The zero-order valence-corrected chi connectivity index (χ0v) is 19.7. The third-order valence-corrected chi connectivity index (χ3v) is 6.70. The van der Waals surface area contributed by atoms with Gasteiger partial charge >= 0.3 is 0 Å². The molecule has 0 spiro atoms. The first-order valence-corrected chi connectivity index (χ1v) is 13.4. The number of rotatable bonds is 7. The summed E-state index contributed by atoms with van der Waals surface area (Å²) in [6.07, 6.45) is 7.93. The first-order valence-electron chi connectivity index (χ1n) is 11.5. The molecule has 7 heteroatoms. The zero-order valence-electron chi connectivity index (χ0n) is 18.9. The minimum absolute atomic E-state index is 0.0331. The van der Waals surface area contributed by atoms with Crippen LogP contribution < -0.4 is 9.46 Å². The van der Waals surface area contributed by atoms with E-state index in [9.17, 15) is 13.2 Å². The first kappa shape index (κ1) is 23.2. The van der Waals surface area contributed by atoms with Crippen molar-refractivity contribution in [2.75, 3.05) is 6.26 Å². The molecule has 0 unspecified atom stereocenters. The number of carbonyl (C=O) groups excluding carboxylic acids is 1. The maximum Gasteiger partial charge on any atom is 0.237 e. The Labute approximate surface area is 195 Å². The molecule has 2 aromatic carbocycles. The first-order chi connectivity index (χ1) is 15.9. The lowest BCUT2D eigenvalue weighted by Gasteiger charge is -2.20. The van der Waals surface area contributed by atoms with Crippen LogP contribution >= 0.6 is 0 Å². The van der Waals surface area contributed by atoms with Crippen molar-refractivity contribution in [3.8, 4) is 5.75 Å². The number of amides is 1. The second-order valence-corrected chi connectivity index (χ2v) is 10.6. The summed E-state index contributed by atoms with van der Waals surface area (Å²) in [6.45, 7) is 0.350. The smallest absolute Gasteiger partial charge is 0.237 e. The summed E-state index contributed by atoms with van der Waals surface area (Å²) >= 11 is 0. The average molecular weight is 467 g/mol. The number of sulfonamides is 1. The number of para-hydroxylation sites is 1. The number of benzene rings is 2. The van der Waals surface area contributed by atoms with E-state index in [1.165, 1.54) is 12.8 Å². The Morgan fingerprint density at radius 2 is 1.79 bits per heavy atom. The van der Waals surface area contributed by atoms with Crippen molar-refractivity contribution in [2.24, 2.45) is 0 Å². The summed E-state index contributed by atoms with van der Waals surface area (Å²) in [4.78, 5) is 17.0. The number of pyridine rings is 1. The number of nitrogens with one attached hydrogen (secondary N) is 1. The van der Waals surface area contributed by atoms with Crippen LogP contribution in [0.2, 0.25) is 0 Å². The molecule has 0 atom stereocenters. The second kappa shape index (κ2) is 10.3. The van der Waals surface area contributed by atoms with Crippen molar-refractivity contribution in [2.45, 2.75) is 57.5 Å². The van der Waals surface area contributed by atoms with Crippen LogP contribution in [0.3, 0.4) is 0 Å². The van der Waals surface area contributed by atoms with Gasteiger partial charge in [0.1, 0.15) is 12.4 Å². The molecule has 1 saturated carbocycles. The number of aromatic nitrogens is 1. The Hall–Kier alpha value is -2.93. The summed E-state index contributed by atoms with van der Waals surface area (Å²) in [5, 5.41) is 1.09. The van der Waals surface area contributed by atoms with E-state index in [0.29, 0.717) is 12.5 Å². The van der Waals surface area contributed by atoms with Gasteiger partial charge in [-0.05, 0) is 54.2 Å². The summed E-state index contributed by atoms with van der Waals surface area (Å²) in [7, 11) is -3.58. The maximum atomic E-state index is 12.3. The van der Waals surface area contributed by atoms with Crippen LogP contribution in [0.15, 0.2) is 54.6 Å². The number of carbonyl (C=O) groups is 1. The summed E-state index contributed by atoms with van der Waals surface area (Å²) in [5.41, 5.74) is 3.73. The molecule has 1 aliphatic rings. The molecule has 1 aliphatic carbocycles. The van der Waals surface area contributed by atoms with Gasteiger partial charge in [0, 0.05) is 5.39 Å². The molecule has 1 N–H and O–H groups in total. The molecule has 1 aromatic heterocycles. The lowest BCUT2D eigenvalue weighted by Crippen LogP contribution is -2.31. The van der Waals surface area contributed by atoms with Crippen LogP contribution in [-0.4, -0.2) is 25.6 Å². The van der Waals surface area contributed by atoms with Gasteiger partial charge in [0.25, 0.3) is 0 Å². The van der Waals surface area contributed by atoms with Crippen molar-refractivity contribution < 1.29 is 17.9 Å². The molecule has 0 aliphatic heterocycles. The van der Waals surface area contributed by atoms with E-state index < -0.39 is 15.9 Å². The summed E-state index contributed by atoms with van der Waals surface area (Å²) < 4.78 is 31.1. The van der Waals surface area contributed by atoms with Crippen LogP contribution in [0.5, 0.6) is 5.75 Å². The monoisotopic (exact) mass is 466 g/mol. The van der Waals surface area contributed by atoms with Crippen molar-refractivity contribution in [3.05, 3.63) is 71.4 Å². The number of fused-ring (bicyclic) bond motifs is 1. The van der Waals surface area contributed by atoms with Crippen LogP contribution in [0.1, 0.15) is 61.3 Å². The molecule has 0 radical (unpaired) electrons. The molecule has 0 saturated heterocycles. The highest BCUT2D eigenvalue weighted by atomic mass is 32.2. The Morgan fingerprint density at radius 3 is 2.55 bits per heavy atom. The number of nitrogens with zero attached hydrogens (tertiary/aromatic N) is 1. The van der Waals surface area contributed by atoms with Gasteiger partial charge in [0.15, 0.2) is 0 Å². The molecule has 3 aromatic rings. The van der Waals surface area contributed by atoms with E-state index in [1.807, 2.05) is 54.6 Å². The van der Waals surface area contributed by atoms with Gasteiger partial charge in [-0.15, -0.1) is 0 Å². The molecule has 6 nitrogen and oxygen atoms in total. The van der Waals surface area contributed by atoms with E-state index in [0.717, 1.165) is 65.4 Å². The Morgan fingerprint density at radius 1 is 1.03 bits per heavy atom. The molecular weight excluding hydrogens is 436 g/mol. The van der Waals surface area contributed by atoms with Gasteiger partial charge < -0.3 is 4.74 Å². The van der Waals surface area contributed by atoms with Gasteiger partial charge in [-0.25, -0.2) is 13.4 Å². The van der Waals surface area contributed by atoms with Gasteiger partial charge in [0.2, 0.25) is 15.9 Å². The van der Waals surface area contributed by atoms with Crippen molar-refractivity contribution in [1.29, 1.82) is 0 Å². The molecule has 33 heavy (non-hydrogen) atoms. The highest BCUT2D eigenvalue weighted by molar-refractivity contribution is 7.89. The fraction of sp³-hybridized carbons (Fsp3) is 0.385. The quantitative estimate of drug-likeness (QED) is 0.502. The number of ether oxygens (including phenoxy) is 1. The normalized spacial score (nSPS) is 15.2. The molecular formula is C26H30N2O4S. The van der Waals surface area contributed by atoms with E-state index >= 15 is 0 Å². The molecule has 1 heterocycles. The van der Waals surface area contributed by atoms with Gasteiger partial charge in [0.05, 0.1) is 23.9 Å². The lowest BCUT2D eigenvalue weighted by molar-refractivity contribution is -0.118. The summed E-state index contributed by atoms with van der Waals surface area (Å²) in [5.74, 6) is 0.564. The average Bonchev–Trinajstić information content (AvgIpc) is 3.06. The van der Waals surface area contributed by atoms with E-state index in [-0.39, 0.29) is 6.42 Å². The molecule has 1 fully saturated rings. The third-order valence-electron chi connectivity index (χ3n) is 6.11. The number of hydrogen-bond acceptors (Lipinski definition) is 5. The van der Waals surface area contributed by atoms with Crippen LogP contribution in [0, 0.1) is 0 Å². The number of hydrogen-bond donors (Lipinski definition) is 1. The minimum Gasteiger partial charge on any atom is -0.487 e. The van der Waals surface area contributed by atoms with Crippen LogP contribution in [0.25, 0.3) is 10.9 Å². The van der Waals surface area contributed by atoms with E-state index in [4.69, 9.17) is 4.74 Å². The fourth-order valence-electron chi connectivity index (χ4n) is 4.56. The topological polar surface area (TPSA) is 85.4 Å². The zero-order chi connectivity index (χ0) is 23.3. The molecule has 0 bridgehead atoms. The molecule has 4 rings (SSSR count). The summed E-state index contributed by atoms with van der Waals surface area (Å²) in [6, 6.07) is 17.8. The Balaban J connectivity index is 1.54. The maximum absolute atomic E-state index is 12.3. The minimum atomic E-state index is -3.58. The van der Waals surface area contributed by atoms with Crippen molar-refractivity contribution in [1.82, 2.24) is 9.71 Å². The predicted molar refractivity (Wildman–Crippen MR) is 130 cm³/mol. The largest absolute Gasteiger partial charge is 0.487 e. The fourth-order valence-corrected chi connectivity index (χ4v) is 5.04. The standard InChI is InChI=1S/C26H30N2O4S/c1-33(30,31)28-26(29)16-21-13-15-23(17-24(21)19-8-4-2-3-5-9-19)32-18-22-14-12-20-10-6-7-11-25(20)27-22/h6-7,10-15,17,19H,2-5,8-9,16,18H2,1H3,(H,28,29).